The smallest absolute Gasteiger partial charge is 0.378 e. The number of carbonyl (C=O) groups excluding carboxylic acids is 1. The van der Waals surface area contributed by atoms with Crippen molar-refractivity contribution in [2.24, 2.45) is 7.05 Å². The molecule has 1 rings (SSSR count). The van der Waals surface area contributed by atoms with Gasteiger partial charge in [-0.15, -0.1) is 5.10 Å². The molecule has 0 fully saturated rings. The van der Waals surface area contributed by atoms with E-state index in [4.69, 9.17) is 4.74 Å². The highest BCUT2D eigenvalue weighted by molar-refractivity contribution is 5.84. The lowest BCUT2D eigenvalue weighted by molar-refractivity contribution is 0.0511. The van der Waals surface area contributed by atoms with Crippen LogP contribution in [0.2, 0.25) is 0 Å². The molecule has 1 heterocycles. The first-order chi connectivity index (χ1) is 7.63. The lowest BCUT2D eigenvalue weighted by Gasteiger charge is -2.09. The summed E-state index contributed by atoms with van der Waals surface area (Å²) in [5, 5.41) is 4.08. The van der Waals surface area contributed by atoms with E-state index in [0.29, 0.717) is 12.5 Å². The summed E-state index contributed by atoms with van der Waals surface area (Å²) in [6, 6.07) is 0. The minimum Gasteiger partial charge on any atom is -0.460 e. The van der Waals surface area contributed by atoms with E-state index in [9.17, 15) is 4.79 Å². The summed E-state index contributed by atoms with van der Waals surface area (Å²) in [4.78, 5) is 15.7. The maximum Gasteiger partial charge on any atom is 0.378 e. The molecule has 0 aliphatic rings. The summed E-state index contributed by atoms with van der Waals surface area (Å²) in [6.45, 7) is 6.32. The lowest BCUT2D eigenvalue weighted by atomic mass is 10.0. The van der Waals surface area contributed by atoms with Crippen molar-refractivity contribution in [1.29, 1.82) is 0 Å². The number of hydrogen-bond donors (Lipinski definition) is 0. The van der Waals surface area contributed by atoms with E-state index in [-0.39, 0.29) is 5.82 Å². The SMILES string of the molecule is CCOC(=O)c1nc(C(CC)CC)n(C)n1. The Bertz CT molecular complexity index is 356. The zero-order valence-corrected chi connectivity index (χ0v) is 10.4. The van der Waals surface area contributed by atoms with Crippen molar-refractivity contribution in [2.45, 2.75) is 39.5 Å². The topological polar surface area (TPSA) is 57.0 Å². The van der Waals surface area contributed by atoms with E-state index in [1.165, 1.54) is 0 Å². The fourth-order valence-electron chi connectivity index (χ4n) is 1.69. The first-order valence-corrected chi connectivity index (χ1v) is 5.72. The highest BCUT2D eigenvalue weighted by Crippen LogP contribution is 2.20. The van der Waals surface area contributed by atoms with Gasteiger partial charge in [0, 0.05) is 13.0 Å². The summed E-state index contributed by atoms with van der Waals surface area (Å²) in [7, 11) is 1.81. The van der Waals surface area contributed by atoms with Crippen LogP contribution >= 0.6 is 0 Å². The maximum absolute atomic E-state index is 11.4. The Morgan fingerprint density at radius 1 is 1.38 bits per heavy atom. The van der Waals surface area contributed by atoms with Crippen LogP contribution in [0.15, 0.2) is 0 Å². The number of carbonyl (C=O) groups is 1. The van der Waals surface area contributed by atoms with Gasteiger partial charge in [-0.25, -0.2) is 9.78 Å². The number of rotatable bonds is 5. The van der Waals surface area contributed by atoms with Gasteiger partial charge >= 0.3 is 5.97 Å². The molecule has 90 valence electrons. The van der Waals surface area contributed by atoms with E-state index in [1.807, 2.05) is 7.05 Å². The molecule has 0 atom stereocenters. The molecule has 16 heavy (non-hydrogen) atoms. The van der Waals surface area contributed by atoms with Crippen LogP contribution < -0.4 is 0 Å². The van der Waals surface area contributed by atoms with E-state index in [2.05, 4.69) is 23.9 Å². The summed E-state index contributed by atoms with van der Waals surface area (Å²) in [5.74, 6) is 0.912. The molecule has 0 N–H and O–H groups in total. The third-order valence-corrected chi connectivity index (χ3v) is 2.61. The summed E-state index contributed by atoms with van der Waals surface area (Å²) in [6.07, 6.45) is 1.98. The van der Waals surface area contributed by atoms with Crippen LogP contribution in [0.3, 0.4) is 0 Å². The molecular formula is C11H19N3O2. The van der Waals surface area contributed by atoms with Gasteiger partial charge in [-0.3, -0.25) is 4.68 Å². The molecule has 0 aromatic carbocycles. The van der Waals surface area contributed by atoms with Crippen molar-refractivity contribution in [1.82, 2.24) is 14.8 Å². The van der Waals surface area contributed by atoms with Crippen molar-refractivity contribution in [3.8, 4) is 0 Å². The molecule has 0 amide bonds. The molecule has 0 spiro atoms. The van der Waals surface area contributed by atoms with E-state index in [0.717, 1.165) is 18.7 Å². The Balaban J connectivity index is 2.92. The largest absolute Gasteiger partial charge is 0.460 e. The fourth-order valence-corrected chi connectivity index (χ4v) is 1.69. The lowest BCUT2D eigenvalue weighted by Crippen LogP contribution is -2.07. The second kappa shape index (κ2) is 5.63. The molecule has 5 nitrogen and oxygen atoms in total. The Hall–Kier alpha value is -1.39. The monoisotopic (exact) mass is 225 g/mol. The number of aromatic nitrogens is 3. The van der Waals surface area contributed by atoms with Gasteiger partial charge < -0.3 is 4.74 Å². The molecule has 0 unspecified atom stereocenters. The molecular weight excluding hydrogens is 206 g/mol. The van der Waals surface area contributed by atoms with Crippen LogP contribution in [0.1, 0.15) is 56.0 Å². The summed E-state index contributed by atoms with van der Waals surface area (Å²) >= 11 is 0. The number of aryl methyl sites for hydroxylation is 1. The molecule has 0 saturated heterocycles. The van der Waals surface area contributed by atoms with E-state index < -0.39 is 5.97 Å². The van der Waals surface area contributed by atoms with Crippen LogP contribution in [0, 0.1) is 0 Å². The molecule has 1 aromatic rings. The van der Waals surface area contributed by atoms with Gasteiger partial charge in [0.05, 0.1) is 6.61 Å². The summed E-state index contributed by atoms with van der Waals surface area (Å²) < 4.78 is 6.54. The third kappa shape index (κ3) is 2.59. The van der Waals surface area contributed by atoms with Crippen molar-refractivity contribution < 1.29 is 9.53 Å². The van der Waals surface area contributed by atoms with Crippen LogP contribution in [-0.2, 0) is 11.8 Å². The zero-order valence-electron chi connectivity index (χ0n) is 10.4. The Kier molecular flexibility index (Phi) is 4.46. The molecule has 0 bridgehead atoms. The second-order valence-electron chi connectivity index (χ2n) is 3.65. The predicted molar refractivity (Wildman–Crippen MR) is 60.3 cm³/mol. The van der Waals surface area contributed by atoms with Crippen LogP contribution in [0.25, 0.3) is 0 Å². The molecule has 1 aromatic heterocycles. The van der Waals surface area contributed by atoms with E-state index in [1.54, 1.807) is 11.6 Å². The minimum atomic E-state index is -0.449. The quantitative estimate of drug-likeness (QED) is 0.718. The number of esters is 1. The van der Waals surface area contributed by atoms with Gasteiger partial charge in [0.1, 0.15) is 5.82 Å². The van der Waals surface area contributed by atoms with Crippen LogP contribution in [0.5, 0.6) is 0 Å². The fraction of sp³-hybridized carbons (Fsp3) is 0.727. The predicted octanol–water partition coefficient (Wildman–Crippen LogP) is 1.90. The molecule has 0 aliphatic heterocycles. The average molecular weight is 225 g/mol. The third-order valence-electron chi connectivity index (χ3n) is 2.61. The maximum atomic E-state index is 11.4. The number of nitrogens with zero attached hydrogens (tertiary/aromatic N) is 3. The normalized spacial score (nSPS) is 10.8. The zero-order chi connectivity index (χ0) is 12.1. The van der Waals surface area contributed by atoms with Gasteiger partial charge in [0.15, 0.2) is 0 Å². The van der Waals surface area contributed by atoms with Gasteiger partial charge in [-0.2, -0.15) is 0 Å². The van der Waals surface area contributed by atoms with Gasteiger partial charge in [-0.1, -0.05) is 13.8 Å². The van der Waals surface area contributed by atoms with Crippen molar-refractivity contribution in [3.05, 3.63) is 11.6 Å². The standard InChI is InChI=1S/C11H19N3O2/c1-5-8(6-2)10-12-9(13-14(10)4)11(15)16-7-3/h8H,5-7H2,1-4H3. The molecule has 0 aliphatic carbocycles. The van der Waals surface area contributed by atoms with Crippen molar-refractivity contribution in [3.63, 3.8) is 0 Å². The summed E-state index contributed by atoms with van der Waals surface area (Å²) in [5.41, 5.74) is 0. The molecule has 5 heteroatoms. The van der Waals surface area contributed by atoms with Gasteiger partial charge in [-0.05, 0) is 19.8 Å². The minimum absolute atomic E-state index is 0.159. The van der Waals surface area contributed by atoms with Crippen LogP contribution in [-0.4, -0.2) is 27.3 Å². The highest BCUT2D eigenvalue weighted by atomic mass is 16.5. The van der Waals surface area contributed by atoms with Gasteiger partial charge in [0.25, 0.3) is 5.82 Å². The number of ether oxygens (including phenoxy) is 1. The molecule has 0 radical (unpaired) electrons. The Morgan fingerprint density at radius 2 is 2.00 bits per heavy atom. The van der Waals surface area contributed by atoms with Crippen LogP contribution in [0.4, 0.5) is 0 Å². The first-order valence-electron chi connectivity index (χ1n) is 5.72. The van der Waals surface area contributed by atoms with Crippen molar-refractivity contribution in [2.75, 3.05) is 6.61 Å². The number of hydrogen-bond acceptors (Lipinski definition) is 4. The van der Waals surface area contributed by atoms with Gasteiger partial charge in [0.2, 0.25) is 0 Å². The Morgan fingerprint density at radius 3 is 2.50 bits per heavy atom. The first kappa shape index (κ1) is 12.7. The average Bonchev–Trinajstić information content (AvgIpc) is 2.63. The van der Waals surface area contributed by atoms with E-state index >= 15 is 0 Å². The second-order valence-corrected chi connectivity index (χ2v) is 3.65. The Labute approximate surface area is 95.8 Å². The molecule has 0 saturated carbocycles. The highest BCUT2D eigenvalue weighted by Gasteiger charge is 2.19. The van der Waals surface area contributed by atoms with Crippen molar-refractivity contribution >= 4 is 5.97 Å².